The Kier molecular flexibility index (Phi) is 6.45. The number of nitrogens with one attached hydrogen (secondary N) is 2. The first-order valence-corrected chi connectivity index (χ1v) is 12.8. The Labute approximate surface area is 204 Å². The van der Waals surface area contributed by atoms with Crippen molar-refractivity contribution in [2.45, 2.75) is 25.8 Å². The van der Waals surface area contributed by atoms with Gasteiger partial charge in [0.15, 0.2) is 5.65 Å². The van der Waals surface area contributed by atoms with Gasteiger partial charge in [-0.1, -0.05) is 19.1 Å². The minimum absolute atomic E-state index is 0.0378. The fourth-order valence-corrected chi connectivity index (χ4v) is 4.84. The van der Waals surface area contributed by atoms with Crippen LogP contribution in [0.3, 0.4) is 0 Å². The summed E-state index contributed by atoms with van der Waals surface area (Å²) < 4.78 is 30.0. The molecule has 8 nitrogen and oxygen atoms in total. The average molecular weight is 493 g/mol. The highest BCUT2D eigenvalue weighted by molar-refractivity contribution is 7.86. The second kappa shape index (κ2) is 9.83. The molecule has 35 heavy (non-hydrogen) atoms. The zero-order valence-corrected chi connectivity index (χ0v) is 20.0. The number of fused-ring (bicyclic) bond motifs is 1. The van der Waals surface area contributed by atoms with Crippen LogP contribution in [0, 0.1) is 5.82 Å². The number of nitrogens with zero attached hydrogens (tertiary/aromatic N) is 4. The summed E-state index contributed by atoms with van der Waals surface area (Å²) in [7, 11) is -1.15. The van der Waals surface area contributed by atoms with E-state index >= 15 is 0 Å². The Morgan fingerprint density at radius 2 is 2.03 bits per heavy atom. The van der Waals surface area contributed by atoms with Gasteiger partial charge in [-0.2, -0.15) is 5.10 Å². The summed E-state index contributed by atoms with van der Waals surface area (Å²) in [5.41, 5.74) is 3.08. The van der Waals surface area contributed by atoms with E-state index in [1.807, 2.05) is 25.3 Å². The van der Waals surface area contributed by atoms with E-state index in [9.17, 15) is 13.4 Å². The molecular weight excluding hydrogens is 467 g/mol. The van der Waals surface area contributed by atoms with E-state index in [2.05, 4.69) is 20.0 Å². The molecule has 0 bridgehead atoms. The molecule has 1 aliphatic rings. The van der Waals surface area contributed by atoms with Crippen molar-refractivity contribution in [3.8, 4) is 0 Å². The molecule has 2 N–H and O–H groups in total. The van der Waals surface area contributed by atoms with Gasteiger partial charge in [0.05, 0.1) is 12.2 Å². The lowest BCUT2D eigenvalue weighted by Gasteiger charge is -2.26. The van der Waals surface area contributed by atoms with Gasteiger partial charge in [0.2, 0.25) is 0 Å². The predicted molar refractivity (Wildman–Crippen MR) is 135 cm³/mol. The van der Waals surface area contributed by atoms with Crippen molar-refractivity contribution in [2.24, 2.45) is 0 Å². The van der Waals surface area contributed by atoms with Gasteiger partial charge in [-0.15, -0.1) is 0 Å². The van der Waals surface area contributed by atoms with Gasteiger partial charge < -0.3 is 14.9 Å². The molecule has 3 heterocycles. The van der Waals surface area contributed by atoms with Gasteiger partial charge in [0.25, 0.3) is 5.91 Å². The summed E-state index contributed by atoms with van der Waals surface area (Å²) in [6, 6.07) is 15.4. The quantitative estimate of drug-likeness (QED) is 0.395. The normalized spacial score (nSPS) is 16.4. The molecule has 0 radical (unpaired) electrons. The second-order valence-electron chi connectivity index (χ2n) is 8.29. The molecule has 5 rings (SSSR count). The van der Waals surface area contributed by atoms with E-state index in [-0.39, 0.29) is 17.8 Å². The molecular formula is C25H25FN6O2S. The van der Waals surface area contributed by atoms with Crippen LogP contribution in [0.5, 0.6) is 0 Å². The first kappa shape index (κ1) is 23.0. The van der Waals surface area contributed by atoms with Gasteiger partial charge in [0.1, 0.15) is 28.3 Å². The standard InChI is InChI=1S/C25H25FN6O2S/c1-2-35(34)30-20-10-8-17(9-11-20)25(33)28-21-16-27-32-14-12-23(29-24(21)32)31-13-4-7-22(31)18-5-3-6-19(26)15-18/h3,5-6,8-12,14-16,22,30H,2,4,7,13H2,1H3,(H,28,33)/t22-,35?/m1/s1. The highest BCUT2D eigenvalue weighted by Gasteiger charge is 2.28. The number of hydrogen-bond acceptors (Lipinski definition) is 5. The van der Waals surface area contributed by atoms with Gasteiger partial charge in [-0.25, -0.2) is 18.1 Å². The summed E-state index contributed by atoms with van der Waals surface area (Å²) >= 11 is 0. The molecule has 10 heteroatoms. The van der Waals surface area contributed by atoms with Crippen molar-refractivity contribution in [2.75, 3.05) is 27.2 Å². The van der Waals surface area contributed by atoms with E-state index in [0.29, 0.717) is 28.3 Å². The molecule has 1 amide bonds. The van der Waals surface area contributed by atoms with Crippen LogP contribution in [0.15, 0.2) is 67.0 Å². The number of amides is 1. The van der Waals surface area contributed by atoms with Gasteiger partial charge in [-0.05, 0) is 60.9 Å². The molecule has 1 saturated heterocycles. The molecule has 2 aromatic heterocycles. The van der Waals surface area contributed by atoms with Crippen molar-refractivity contribution in [3.05, 3.63) is 83.9 Å². The zero-order valence-electron chi connectivity index (χ0n) is 19.1. The lowest BCUT2D eigenvalue weighted by Crippen LogP contribution is -2.24. The molecule has 1 unspecified atom stereocenters. The van der Waals surface area contributed by atoms with Crippen molar-refractivity contribution in [1.29, 1.82) is 0 Å². The lowest BCUT2D eigenvalue weighted by atomic mass is 10.0. The summed E-state index contributed by atoms with van der Waals surface area (Å²) in [5, 5.41) is 7.19. The highest BCUT2D eigenvalue weighted by Crippen LogP contribution is 2.36. The largest absolute Gasteiger partial charge is 0.349 e. The Bertz CT molecular complexity index is 1390. The number of halogens is 1. The number of carbonyl (C=O) groups excluding carboxylic acids is 1. The van der Waals surface area contributed by atoms with Crippen LogP contribution in [-0.4, -0.2) is 37.0 Å². The molecule has 1 fully saturated rings. The first-order chi connectivity index (χ1) is 17.0. The summed E-state index contributed by atoms with van der Waals surface area (Å²) in [5.74, 6) is 0.696. The molecule has 0 saturated carbocycles. The second-order valence-corrected chi connectivity index (χ2v) is 9.76. The maximum atomic E-state index is 13.8. The van der Waals surface area contributed by atoms with E-state index in [4.69, 9.17) is 4.98 Å². The van der Waals surface area contributed by atoms with Crippen LogP contribution in [0.1, 0.15) is 41.7 Å². The van der Waals surface area contributed by atoms with E-state index < -0.39 is 11.0 Å². The molecule has 0 spiro atoms. The topological polar surface area (TPSA) is 91.6 Å². The minimum atomic E-state index is -1.15. The fourth-order valence-electron chi connectivity index (χ4n) is 4.30. The van der Waals surface area contributed by atoms with Gasteiger partial charge in [-0.3, -0.25) is 4.79 Å². The molecule has 2 aromatic carbocycles. The SMILES string of the molecule is CCS(=O)Nc1ccc(C(=O)Nc2cnn3ccc(N4CCC[C@@H]4c4cccc(F)c4)nc23)cc1. The summed E-state index contributed by atoms with van der Waals surface area (Å²) in [6.45, 7) is 2.63. The monoisotopic (exact) mass is 492 g/mol. The van der Waals surface area contributed by atoms with Crippen LogP contribution in [0.2, 0.25) is 0 Å². The number of aromatic nitrogens is 3. The maximum absolute atomic E-state index is 13.8. The van der Waals surface area contributed by atoms with Crippen molar-refractivity contribution in [1.82, 2.24) is 14.6 Å². The fraction of sp³-hybridized carbons (Fsp3) is 0.240. The lowest BCUT2D eigenvalue weighted by molar-refractivity contribution is 0.102. The van der Waals surface area contributed by atoms with Gasteiger partial charge >= 0.3 is 0 Å². The molecule has 2 atom stereocenters. The van der Waals surface area contributed by atoms with Crippen molar-refractivity contribution >= 4 is 39.7 Å². The smallest absolute Gasteiger partial charge is 0.255 e. The molecule has 180 valence electrons. The molecule has 4 aromatic rings. The number of anilines is 3. The molecule has 0 aliphatic carbocycles. The minimum Gasteiger partial charge on any atom is -0.349 e. The third-order valence-corrected chi connectivity index (χ3v) is 7.01. The predicted octanol–water partition coefficient (Wildman–Crippen LogP) is 4.56. The Morgan fingerprint density at radius 1 is 1.20 bits per heavy atom. The van der Waals surface area contributed by atoms with E-state index in [1.54, 1.807) is 47.1 Å². The zero-order chi connectivity index (χ0) is 24.4. The van der Waals surface area contributed by atoms with Crippen LogP contribution < -0.4 is 14.9 Å². The third kappa shape index (κ3) is 4.88. The van der Waals surface area contributed by atoms with Crippen LogP contribution in [0.4, 0.5) is 21.6 Å². The van der Waals surface area contributed by atoms with Crippen molar-refractivity contribution < 1.29 is 13.4 Å². The Morgan fingerprint density at radius 3 is 2.80 bits per heavy atom. The van der Waals surface area contributed by atoms with Gasteiger partial charge in [0, 0.05) is 29.7 Å². The number of rotatable bonds is 7. The number of carbonyl (C=O) groups is 1. The Balaban J connectivity index is 1.37. The number of benzene rings is 2. The Hall–Kier alpha value is -3.79. The maximum Gasteiger partial charge on any atom is 0.255 e. The summed E-state index contributed by atoms with van der Waals surface area (Å²) in [4.78, 5) is 19.8. The average Bonchev–Trinajstić information content (AvgIpc) is 3.51. The first-order valence-electron chi connectivity index (χ1n) is 11.4. The van der Waals surface area contributed by atoms with Crippen molar-refractivity contribution in [3.63, 3.8) is 0 Å². The van der Waals surface area contributed by atoms with Crippen LogP contribution >= 0.6 is 0 Å². The molecule has 1 aliphatic heterocycles. The summed E-state index contributed by atoms with van der Waals surface area (Å²) in [6.07, 6.45) is 5.27. The van der Waals surface area contributed by atoms with Crippen LogP contribution in [0.25, 0.3) is 5.65 Å². The van der Waals surface area contributed by atoms with E-state index in [0.717, 1.165) is 30.8 Å². The number of hydrogen-bond donors (Lipinski definition) is 2. The van der Waals surface area contributed by atoms with Crippen LogP contribution in [-0.2, 0) is 11.0 Å². The third-order valence-electron chi connectivity index (χ3n) is 6.02. The van der Waals surface area contributed by atoms with E-state index in [1.165, 1.54) is 6.07 Å². The highest BCUT2D eigenvalue weighted by atomic mass is 32.2.